The minimum Gasteiger partial charge on any atom is -0.349 e. The van der Waals surface area contributed by atoms with Crippen molar-refractivity contribution < 1.29 is 9.59 Å². The Balaban J connectivity index is 2.21. The predicted molar refractivity (Wildman–Crippen MR) is 128 cm³/mol. The first-order valence-electron chi connectivity index (χ1n) is 10.9. The number of carbonyl (C=O) groups excluding carboxylic acids is 2. The number of nitrogens with one attached hydrogen (secondary N) is 2. The van der Waals surface area contributed by atoms with Gasteiger partial charge in [-0.3, -0.25) is 9.59 Å². The summed E-state index contributed by atoms with van der Waals surface area (Å²) in [5.74, 6) is -0.603. The van der Waals surface area contributed by atoms with Crippen molar-refractivity contribution in [3.63, 3.8) is 0 Å². The molecule has 5 heteroatoms. The normalized spacial score (nSPS) is 12.0. The van der Waals surface area contributed by atoms with E-state index in [1.165, 1.54) is 5.56 Å². The summed E-state index contributed by atoms with van der Waals surface area (Å²) in [7, 11) is 0. The Bertz CT molecular complexity index is 877. The summed E-state index contributed by atoms with van der Waals surface area (Å²) in [5, 5.41) is 5.72. The van der Waals surface area contributed by atoms with Gasteiger partial charge in [-0.2, -0.15) is 0 Å². The Morgan fingerprint density at radius 3 is 2.10 bits per heavy atom. The molecule has 2 amide bonds. The van der Waals surface area contributed by atoms with Gasteiger partial charge < -0.3 is 15.5 Å². The van der Waals surface area contributed by atoms with Gasteiger partial charge in [0.25, 0.3) is 11.8 Å². The van der Waals surface area contributed by atoms with E-state index in [4.69, 9.17) is 0 Å². The van der Waals surface area contributed by atoms with Crippen molar-refractivity contribution in [1.29, 1.82) is 0 Å². The number of likely N-dealkylation sites (N-methyl/N-ethyl adjacent to an activating group) is 1. The second kappa shape index (κ2) is 11.5. The summed E-state index contributed by atoms with van der Waals surface area (Å²) in [6.45, 7) is 13.8. The molecule has 0 heterocycles. The molecule has 2 N–H and O–H groups in total. The van der Waals surface area contributed by atoms with Crippen molar-refractivity contribution in [2.24, 2.45) is 0 Å². The summed E-state index contributed by atoms with van der Waals surface area (Å²) in [4.78, 5) is 27.8. The highest BCUT2D eigenvalue weighted by Crippen LogP contribution is 2.22. The molecule has 0 aromatic heterocycles. The van der Waals surface area contributed by atoms with Gasteiger partial charge in [0.1, 0.15) is 5.70 Å². The number of hydrogen-bond acceptors (Lipinski definition) is 3. The predicted octanol–water partition coefficient (Wildman–Crippen LogP) is 4.21. The van der Waals surface area contributed by atoms with Crippen LogP contribution in [0.5, 0.6) is 0 Å². The topological polar surface area (TPSA) is 61.4 Å². The third kappa shape index (κ3) is 7.68. The number of hydrogen-bond donors (Lipinski definition) is 2. The average molecular weight is 422 g/mol. The Labute approximate surface area is 186 Å². The summed E-state index contributed by atoms with van der Waals surface area (Å²) >= 11 is 0. The fraction of sp³-hybridized carbons (Fsp3) is 0.385. The van der Waals surface area contributed by atoms with Gasteiger partial charge in [0.2, 0.25) is 0 Å². The van der Waals surface area contributed by atoms with Crippen LogP contribution in [0.15, 0.2) is 60.3 Å². The molecule has 2 aromatic rings. The molecule has 31 heavy (non-hydrogen) atoms. The number of carbonyl (C=O) groups is 2. The van der Waals surface area contributed by atoms with Crippen LogP contribution < -0.4 is 10.6 Å². The Kier molecular flexibility index (Phi) is 9.01. The van der Waals surface area contributed by atoms with Crippen LogP contribution in [0, 0.1) is 0 Å². The second-order valence-electron chi connectivity index (χ2n) is 8.53. The third-order valence-electron chi connectivity index (χ3n) is 5.22. The van der Waals surface area contributed by atoms with Gasteiger partial charge in [-0.25, -0.2) is 0 Å². The highest BCUT2D eigenvalue weighted by molar-refractivity contribution is 6.05. The fourth-order valence-corrected chi connectivity index (χ4v) is 3.15. The van der Waals surface area contributed by atoms with Gasteiger partial charge >= 0.3 is 0 Å². The quantitative estimate of drug-likeness (QED) is 0.596. The van der Waals surface area contributed by atoms with Crippen molar-refractivity contribution in [3.05, 3.63) is 77.0 Å². The average Bonchev–Trinajstić information content (AvgIpc) is 2.76. The van der Waals surface area contributed by atoms with Crippen molar-refractivity contribution in [2.45, 2.75) is 40.0 Å². The van der Waals surface area contributed by atoms with E-state index in [-0.39, 0.29) is 22.9 Å². The van der Waals surface area contributed by atoms with Crippen molar-refractivity contribution in [1.82, 2.24) is 15.5 Å². The molecule has 2 aromatic carbocycles. The first kappa shape index (κ1) is 24.4. The van der Waals surface area contributed by atoms with Crippen LogP contribution in [-0.2, 0) is 10.2 Å². The van der Waals surface area contributed by atoms with E-state index in [2.05, 4.69) is 62.3 Å². The summed E-state index contributed by atoms with van der Waals surface area (Å²) in [5.41, 5.74) is 2.86. The monoisotopic (exact) mass is 421 g/mol. The molecule has 0 atom stereocenters. The minimum absolute atomic E-state index is 0.0500. The van der Waals surface area contributed by atoms with E-state index in [1.807, 2.05) is 18.2 Å². The number of rotatable bonds is 9. The molecule has 166 valence electrons. The van der Waals surface area contributed by atoms with Crippen LogP contribution in [0.4, 0.5) is 0 Å². The molecule has 5 nitrogen and oxygen atoms in total. The minimum atomic E-state index is -0.308. The molecular formula is C26H35N3O2. The molecule has 0 radical (unpaired) electrons. The zero-order valence-corrected chi connectivity index (χ0v) is 19.4. The van der Waals surface area contributed by atoms with Gasteiger partial charge in [-0.05, 0) is 47.8 Å². The molecule has 0 aliphatic carbocycles. The highest BCUT2D eigenvalue weighted by atomic mass is 16.2. The van der Waals surface area contributed by atoms with E-state index in [1.54, 1.807) is 30.3 Å². The van der Waals surface area contributed by atoms with Gasteiger partial charge in [-0.15, -0.1) is 0 Å². The lowest BCUT2D eigenvalue weighted by atomic mass is 9.86. The van der Waals surface area contributed by atoms with Gasteiger partial charge in [0, 0.05) is 18.7 Å². The molecule has 0 spiro atoms. The lowest BCUT2D eigenvalue weighted by Gasteiger charge is -2.19. The largest absolute Gasteiger partial charge is 0.349 e. The van der Waals surface area contributed by atoms with Crippen LogP contribution in [0.2, 0.25) is 0 Å². The van der Waals surface area contributed by atoms with Crippen LogP contribution in [0.25, 0.3) is 6.08 Å². The SMILES string of the molecule is CCN(CC)CCNC(=O)/C(=C/c1ccc(C(C)(C)C)cc1)NC(=O)c1ccccc1. The molecule has 0 fully saturated rings. The van der Waals surface area contributed by atoms with Crippen LogP contribution >= 0.6 is 0 Å². The summed E-state index contributed by atoms with van der Waals surface area (Å²) < 4.78 is 0. The summed E-state index contributed by atoms with van der Waals surface area (Å²) in [6, 6.07) is 17.0. The van der Waals surface area contributed by atoms with E-state index in [0.29, 0.717) is 12.1 Å². The standard InChI is InChI=1S/C26H35N3O2/c1-6-29(7-2)18-17-27-25(31)23(28-24(30)21-11-9-8-10-12-21)19-20-13-15-22(16-14-20)26(3,4)5/h8-16,19H,6-7,17-18H2,1-5H3,(H,27,31)(H,28,30)/b23-19-. The first-order chi connectivity index (χ1) is 14.7. The molecular weight excluding hydrogens is 386 g/mol. The molecule has 0 bridgehead atoms. The smallest absolute Gasteiger partial charge is 0.267 e. The lowest BCUT2D eigenvalue weighted by Crippen LogP contribution is -2.39. The maximum atomic E-state index is 12.9. The maximum absolute atomic E-state index is 12.9. The second-order valence-corrected chi connectivity index (χ2v) is 8.53. The Hall–Kier alpha value is -2.92. The first-order valence-corrected chi connectivity index (χ1v) is 10.9. The molecule has 2 rings (SSSR count). The van der Waals surface area contributed by atoms with Crippen molar-refractivity contribution in [2.75, 3.05) is 26.2 Å². The number of nitrogens with zero attached hydrogens (tertiary/aromatic N) is 1. The zero-order chi connectivity index (χ0) is 22.9. The van der Waals surface area contributed by atoms with E-state index < -0.39 is 0 Å². The van der Waals surface area contributed by atoms with Crippen molar-refractivity contribution in [3.8, 4) is 0 Å². The van der Waals surface area contributed by atoms with E-state index >= 15 is 0 Å². The van der Waals surface area contributed by atoms with E-state index in [0.717, 1.165) is 25.2 Å². The zero-order valence-electron chi connectivity index (χ0n) is 19.4. The van der Waals surface area contributed by atoms with Gasteiger partial charge in [0.15, 0.2) is 0 Å². The van der Waals surface area contributed by atoms with Crippen molar-refractivity contribution >= 4 is 17.9 Å². The molecule has 0 saturated carbocycles. The highest BCUT2D eigenvalue weighted by Gasteiger charge is 2.16. The molecule has 0 aliphatic rings. The van der Waals surface area contributed by atoms with Gasteiger partial charge in [0.05, 0.1) is 0 Å². The Morgan fingerprint density at radius 1 is 0.935 bits per heavy atom. The van der Waals surface area contributed by atoms with E-state index in [9.17, 15) is 9.59 Å². The third-order valence-corrected chi connectivity index (χ3v) is 5.22. The van der Waals surface area contributed by atoms with Crippen LogP contribution in [0.1, 0.15) is 56.1 Å². The molecule has 0 saturated heterocycles. The summed E-state index contributed by atoms with van der Waals surface area (Å²) in [6.07, 6.45) is 1.72. The lowest BCUT2D eigenvalue weighted by molar-refractivity contribution is -0.117. The van der Waals surface area contributed by atoms with Gasteiger partial charge in [-0.1, -0.05) is 77.1 Å². The fourth-order valence-electron chi connectivity index (χ4n) is 3.15. The maximum Gasteiger partial charge on any atom is 0.267 e. The van der Waals surface area contributed by atoms with Crippen LogP contribution in [0.3, 0.4) is 0 Å². The molecule has 0 aliphatic heterocycles. The molecule has 0 unspecified atom stereocenters. The number of benzene rings is 2. The Morgan fingerprint density at radius 2 is 1.55 bits per heavy atom. The van der Waals surface area contributed by atoms with Crippen LogP contribution in [-0.4, -0.2) is 42.9 Å². The number of amides is 2.